The summed E-state index contributed by atoms with van der Waals surface area (Å²) in [4.78, 5) is 0. The molecule has 1 N–H and O–H groups in total. The second-order valence-electron chi connectivity index (χ2n) is 4.32. The Morgan fingerprint density at radius 2 is 2.21 bits per heavy atom. The van der Waals surface area contributed by atoms with Gasteiger partial charge in [-0.1, -0.05) is 12.8 Å². The minimum Gasteiger partial charge on any atom is -0.307 e. The third-order valence-corrected chi connectivity index (χ3v) is 3.07. The van der Waals surface area contributed by atoms with Crippen LogP contribution in [0.1, 0.15) is 44.2 Å². The molecule has 1 aromatic rings. The molecule has 3 heteroatoms. The molecule has 78 valence electrons. The third-order valence-electron chi connectivity index (χ3n) is 3.07. The molecule has 2 rings (SSSR count). The van der Waals surface area contributed by atoms with Crippen molar-refractivity contribution in [2.45, 2.75) is 44.7 Å². The summed E-state index contributed by atoms with van der Waals surface area (Å²) in [6, 6.07) is 1.16. The molecule has 1 aliphatic rings. The maximum atomic E-state index is 4.19. The van der Waals surface area contributed by atoms with E-state index in [4.69, 9.17) is 0 Å². The molecule has 3 nitrogen and oxygen atoms in total. The van der Waals surface area contributed by atoms with Crippen LogP contribution in [0.15, 0.2) is 12.4 Å². The van der Waals surface area contributed by atoms with Gasteiger partial charge in [0.25, 0.3) is 0 Å². The fourth-order valence-corrected chi connectivity index (χ4v) is 2.21. The molecule has 0 saturated heterocycles. The Labute approximate surface area is 85.5 Å². The molecular formula is C11H19N3. The molecule has 1 saturated carbocycles. The van der Waals surface area contributed by atoms with E-state index in [2.05, 4.69) is 23.5 Å². The van der Waals surface area contributed by atoms with E-state index in [1.807, 2.05) is 17.9 Å². The van der Waals surface area contributed by atoms with Crippen LogP contribution in [-0.2, 0) is 7.05 Å². The van der Waals surface area contributed by atoms with E-state index in [-0.39, 0.29) is 0 Å². The normalized spacial score (nSPS) is 20.1. The van der Waals surface area contributed by atoms with Crippen LogP contribution in [0.2, 0.25) is 0 Å². The van der Waals surface area contributed by atoms with Crippen LogP contribution < -0.4 is 5.32 Å². The zero-order valence-corrected chi connectivity index (χ0v) is 9.03. The zero-order chi connectivity index (χ0) is 9.97. The topological polar surface area (TPSA) is 29.9 Å². The average molecular weight is 193 g/mol. The van der Waals surface area contributed by atoms with Crippen LogP contribution in [0.3, 0.4) is 0 Å². The summed E-state index contributed by atoms with van der Waals surface area (Å²) in [5.41, 5.74) is 1.29. The van der Waals surface area contributed by atoms with Gasteiger partial charge in [0, 0.05) is 30.9 Å². The quantitative estimate of drug-likeness (QED) is 0.796. The van der Waals surface area contributed by atoms with E-state index in [1.54, 1.807) is 0 Å². The number of aryl methyl sites for hydroxylation is 1. The number of rotatable bonds is 3. The molecule has 1 atom stereocenters. The van der Waals surface area contributed by atoms with E-state index < -0.39 is 0 Å². The lowest BCUT2D eigenvalue weighted by Gasteiger charge is -2.17. The van der Waals surface area contributed by atoms with Gasteiger partial charge in [0.1, 0.15) is 0 Å². The molecule has 0 spiro atoms. The van der Waals surface area contributed by atoms with Crippen LogP contribution in [0.5, 0.6) is 0 Å². The van der Waals surface area contributed by atoms with Crippen LogP contribution in [0.4, 0.5) is 0 Å². The summed E-state index contributed by atoms with van der Waals surface area (Å²) >= 11 is 0. The fourth-order valence-electron chi connectivity index (χ4n) is 2.21. The summed E-state index contributed by atoms with van der Waals surface area (Å²) in [5, 5.41) is 7.84. The van der Waals surface area contributed by atoms with Crippen LogP contribution >= 0.6 is 0 Å². The maximum Gasteiger partial charge on any atom is 0.0537 e. The van der Waals surface area contributed by atoms with Crippen molar-refractivity contribution in [3.05, 3.63) is 18.0 Å². The largest absolute Gasteiger partial charge is 0.307 e. The van der Waals surface area contributed by atoms with E-state index in [1.165, 1.54) is 31.2 Å². The summed E-state index contributed by atoms with van der Waals surface area (Å²) < 4.78 is 1.86. The maximum absolute atomic E-state index is 4.19. The van der Waals surface area contributed by atoms with Crippen molar-refractivity contribution in [3.8, 4) is 0 Å². The highest BCUT2D eigenvalue weighted by atomic mass is 15.2. The standard InChI is InChI=1S/C11H19N3/c1-9(10-7-12-14(2)8-10)13-11-5-3-4-6-11/h7-9,11,13H,3-6H2,1-2H3. The summed E-state index contributed by atoms with van der Waals surface area (Å²) in [6.45, 7) is 2.22. The van der Waals surface area contributed by atoms with Gasteiger partial charge in [0.05, 0.1) is 6.20 Å². The molecule has 1 fully saturated rings. The van der Waals surface area contributed by atoms with Crippen molar-refractivity contribution in [1.82, 2.24) is 15.1 Å². The lowest BCUT2D eigenvalue weighted by atomic mass is 10.1. The van der Waals surface area contributed by atoms with Gasteiger partial charge in [-0.05, 0) is 19.8 Å². The van der Waals surface area contributed by atoms with Gasteiger partial charge in [-0.25, -0.2) is 0 Å². The Hall–Kier alpha value is -0.830. The Bertz CT molecular complexity index is 286. The molecule has 1 unspecified atom stereocenters. The second kappa shape index (κ2) is 4.13. The molecule has 1 aromatic heterocycles. The highest BCUT2D eigenvalue weighted by Crippen LogP contribution is 2.21. The van der Waals surface area contributed by atoms with Gasteiger partial charge in [-0.3, -0.25) is 4.68 Å². The fraction of sp³-hybridized carbons (Fsp3) is 0.727. The predicted molar refractivity (Wildman–Crippen MR) is 57.0 cm³/mol. The van der Waals surface area contributed by atoms with E-state index >= 15 is 0 Å². The Morgan fingerprint density at radius 1 is 1.50 bits per heavy atom. The highest BCUT2D eigenvalue weighted by Gasteiger charge is 2.17. The van der Waals surface area contributed by atoms with Crippen molar-refractivity contribution >= 4 is 0 Å². The predicted octanol–water partition coefficient (Wildman–Crippen LogP) is 2.01. The van der Waals surface area contributed by atoms with Gasteiger partial charge in [0.2, 0.25) is 0 Å². The van der Waals surface area contributed by atoms with Gasteiger partial charge < -0.3 is 5.32 Å². The molecule has 0 bridgehead atoms. The van der Waals surface area contributed by atoms with E-state index in [9.17, 15) is 0 Å². The lowest BCUT2D eigenvalue weighted by Crippen LogP contribution is -2.28. The summed E-state index contributed by atoms with van der Waals surface area (Å²) in [6.07, 6.45) is 9.49. The SMILES string of the molecule is CC(NC1CCCC1)c1cnn(C)c1. The van der Waals surface area contributed by atoms with Gasteiger partial charge in [-0.2, -0.15) is 5.10 Å². The van der Waals surface area contributed by atoms with Gasteiger partial charge in [-0.15, -0.1) is 0 Å². The van der Waals surface area contributed by atoms with Crippen molar-refractivity contribution < 1.29 is 0 Å². The molecule has 0 aliphatic heterocycles. The average Bonchev–Trinajstić information content (AvgIpc) is 2.75. The smallest absolute Gasteiger partial charge is 0.0537 e. The monoisotopic (exact) mass is 193 g/mol. The first-order valence-electron chi connectivity index (χ1n) is 5.50. The highest BCUT2D eigenvalue weighted by molar-refractivity contribution is 5.09. The Morgan fingerprint density at radius 3 is 2.79 bits per heavy atom. The zero-order valence-electron chi connectivity index (χ0n) is 9.03. The molecule has 1 aliphatic carbocycles. The first-order valence-corrected chi connectivity index (χ1v) is 5.50. The Kier molecular flexibility index (Phi) is 2.87. The molecule has 1 heterocycles. The molecule has 14 heavy (non-hydrogen) atoms. The van der Waals surface area contributed by atoms with Gasteiger partial charge >= 0.3 is 0 Å². The number of hydrogen-bond acceptors (Lipinski definition) is 2. The van der Waals surface area contributed by atoms with Crippen molar-refractivity contribution in [1.29, 1.82) is 0 Å². The van der Waals surface area contributed by atoms with Crippen molar-refractivity contribution in [2.24, 2.45) is 7.05 Å². The van der Waals surface area contributed by atoms with E-state index in [0.717, 1.165) is 6.04 Å². The minimum atomic E-state index is 0.437. The second-order valence-corrected chi connectivity index (χ2v) is 4.32. The molecule has 0 amide bonds. The van der Waals surface area contributed by atoms with E-state index in [0.29, 0.717) is 6.04 Å². The number of aromatic nitrogens is 2. The van der Waals surface area contributed by atoms with Crippen LogP contribution in [0, 0.1) is 0 Å². The summed E-state index contributed by atoms with van der Waals surface area (Å²) in [7, 11) is 1.96. The molecule has 0 radical (unpaired) electrons. The number of hydrogen-bond donors (Lipinski definition) is 1. The van der Waals surface area contributed by atoms with Crippen molar-refractivity contribution in [3.63, 3.8) is 0 Å². The Balaban J connectivity index is 1.91. The molecular weight excluding hydrogens is 174 g/mol. The number of nitrogens with zero attached hydrogens (tertiary/aromatic N) is 2. The lowest BCUT2D eigenvalue weighted by molar-refractivity contribution is 0.461. The first-order chi connectivity index (χ1) is 6.75. The van der Waals surface area contributed by atoms with Crippen LogP contribution in [0.25, 0.3) is 0 Å². The molecule has 0 aromatic carbocycles. The van der Waals surface area contributed by atoms with Gasteiger partial charge in [0.15, 0.2) is 0 Å². The third kappa shape index (κ3) is 2.15. The first kappa shape index (κ1) is 9.71. The van der Waals surface area contributed by atoms with Crippen LogP contribution in [-0.4, -0.2) is 15.8 Å². The minimum absolute atomic E-state index is 0.437. The van der Waals surface area contributed by atoms with Crippen molar-refractivity contribution in [2.75, 3.05) is 0 Å². The number of nitrogens with one attached hydrogen (secondary N) is 1. The summed E-state index contributed by atoms with van der Waals surface area (Å²) in [5.74, 6) is 0.